The number of nitrogens with zero attached hydrogens (tertiary/aromatic N) is 1. The number of hydrogen-bond donors (Lipinski definition) is 1. The number of benzene rings is 2. The molecular formula is C17H18NO3S+. The van der Waals surface area contributed by atoms with Crippen molar-refractivity contribution in [3.8, 4) is 11.5 Å². The largest absolute Gasteiger partial charge is 0.500 e. The molecule has 1 amide bonds. The molecule has 2 aromatic rings. The van der Waals surface area contributed by atoms with Gasteiger partial charge in [-0.3, -0.25) is 0 Å². The third-order valence-electron chi connectivity index (χ3n) is 4.11. The molecule has 0 fully saturated rings. The third-order valence-corrected chi connectivity index (χ3v) is 5.43. The monoisotopic (exact) mass is 316 g/mol. The zero-order valence-corrected chi connectivity index (χ0v) is 13.6. The Kier molecular flexibility index (Phi) is 3.62. The van der Waals surface area contributed by atoms with Gasteiger partial charge in [-0.15, -0.1) is 0 Å². The van der Waals surface area contributed by atoms with Crippen molar-refractivity contribution in [2.24, 2.45) is 0 Å². The molecule has 0 spiro atoms. The minimum atomic E-state index is -0.229. The van der Waals surface area contributed by atoms with E-state index in [-0.39, 0.29) is 21.5 Å². The second kappa shape index (κ2) is 5.34. The summed E-state index contributed by atoms with van der Waals surface area (Å²) < 4.78 is 5.13. The number of amides is 1. The number of rotatable bonds is 2. The van der Waals surface area contributed by atoms with Gasteiger partial charge in [0.05, 0.1) is 25.0 Å². The predicted molar refractivity (Wildman–Crippen MR) is 88.1 cm³/mol. The van der Waals surface area contributed by atoms with Crippen LogP contribution in [0, 0.1) is 0 Å². The predicted octanol–water partition coefficient (Wildman–Crippen LogP) is 3.69. The number of aromatic hydroxyl groups is 1. The molecule has 4 nitrogen and oxygen atoms in total. The van der Waals surface area contributed by atoms with Crippen molar-refractivity contribution >= 4 is 23.5 Å². The molecule has 1 aliphatic rings. The number of quaternary nitrogens is 1. The molecule has 2 aromatic carbocycles. The van der Waals surface area contributed by atoms with E-state index in [9.17, 15) is 9.90 Å². The van der Waals surface area contributed by atoms with Gasteiger partial charge in [0.25, 0.3) is 0 Å². The lowest BCUT2D eigenvalue weighted by atomic mass is 9.99. The number of carbonyl (C=O) groups excluding carboxylic acids is 1. The van der Waals surface area contributed by atoms with Gasteiger partial charge in [-0.2, -0.15) is 3.89 Å². The van der Waals surface area contributed by atoms with Crippen LogP contribution in [-0.2, 0) is 4.79 Å². The average molecular weight is 316 g/mol. The number of ether oxygens (including phenoxy) is 1. The van der Waals surface area contributed by atoms with Crippen LogP contribution in [0.4, 0.5) is 5.69 Å². The maximum atomic E-state index is 13.0. The molecule has 2 unspecified atom stereocenters. The zero-order valence-electron chi connectivity index (χ0n) is 12.7. The first-order chi connectivity index (χ1) is 10.5. The van der Waals surface area contributed by atoms with Crippen LogP contribution in [0.15, 0.2) is 47.4 Å². The van der Waals surface area contributed by atoms with Crippen LogP contribution < -0.4 is 8.63 Å². The summed E-state index contributed by atoms with van der Waals surface area (Å²) in [6.07, 6.45) is 0. The Hall–Kier alpha value is -1.98. The van der Waals surface area contributed by atoms with E-state index < -0.39 is 0 Å². The first kappa shape index (κ1) is 14.9. The lowest BCUT2D eigenvalue weighted by Gasteiger charge is -2.35. The van der Waals surface area contributed by atoms with Crippen LogP contribution in [0.25, 0.3) is 0 Å². The Labute approximate surface area is 134 Å². The van der Waals surface area contributed by atoms with Crippen LogP contribution in [0.3, 0.4) is 0 Å². The number of likely N-dealkylation sites (N-methyl/N-ethyl adjacent to an activating group) is 1. The molecule has 22 heavy (non-hydrogen) atoms. The topological polar surface area (TPSA) is 46.5 Å². The molecular weight excluding hydrogens is 298 g/mol. The van der Waals surface area contributed by atoms with Gasteiger partial charge >= 0.3 is 5.91 Å². The minimum absolute atomic E-state index is 0.0138. The SMILES string of the molecule is COc1cccc([N+]2(C)Sc3ccccc3C(C)C2=O)c1O. The summed E-state index contributed by atoms with van der Waals surface area (Å²) in [5.41, 5.74) is 1.58. The van der Waals surface area contributed by atoms with E-state index >= 15 is 0 Å². The van der Waals surface area contributed by atoms with Crippen LogP contribution in [0.5, 0.6) is 11.5 Å². The molecule has 1 heterocycles. The van der Waals surface area contributed by atoms with Gasteiger partial charge in [-0.05, 0) is 24.6 Å². The van der Waals surface area contributed by atoms with Crippen molar-refractivity contribution in [2.75, 3.05) is 14.2 Å². The smallest absolute Gasteiger partial charge is 0.337 e. The van der Waals surface area contributed by atoms with Crippen molar-refractivity contribution in [1.82, 2.24) is 3.89 Å². The Balaban J connectivity index is 2.17. The van der Waals surface area contributed by atoms with E-state index in [2.05, 4.69) is 0 Å². The lowest BCUT2D eigenvalue weighted by molar-refractivity contribution is -0.126. The van der Waals surface area contributed by atoms with Crippen LogP contribution in [0.2, 0.25) is 0 Å². The van der Waals surface area contributed by atoms with Gasteiger partial charge in [0.15, 0.2) is 11.4 Å². The van der Waals surface area contributed by atoms with E-state index in [1.54, 1.807) is 18.2 Å². The van der Waals surface area contributed by atoms with Gasteiger partial charge in [-0.1, -0.05) is 24.3 Å². The van der Waals surface area contributed by atoms with E-state index in [0.717, 1.165) is 10.5 Å². The maximum absolute atomic E-state index is 13.0. The van der Waals surface area contributed by atoms with E-state index in [0.29, 0.717) is 11.4 Å². The first-order valence-electron chi connectivity index (χ1n) is 7.05. The Morgan fingerprint density at radius 1 is 1.18 bits per heavy atom. The van der Waals surface area contributed by atoms with Crippen LogP contribution in [-0.4, -0.2) is 25.2 Å². The number of para-hydroxylation sites is 1. The number of phenols is 1. The summed E-state index contributed by atoms with van der Waals surface area (Å²) in [6.45, 7) is 1.91. The highest BCUT2D eigenvalue weighted by Crippen LogP contribution is 2.50. The first-order valence-corrected chi connectivity index (χ1v) is 7.82. The number of fused-ring (bicyclic) bond motifs is 1. The van der Waals surface area contributed by atoms with Gasteiger partial charge in [0, 0.05) is 6.07 Å². The molecule has 5 heteroatoms. The summed E-state index contributed by atoms with van der Waals surface area (Å²) in [5.74, 6) is 0.192. The number of carbonyl (C=O) groups is 1. The van der Waals surface area contributed by atoms with Gasteiger partial charge in [0.2, 0.25) is 5.75 Å². The van der Waals surface area contributed by atoms with Crippen LogP contribution in [0.1, 0.15) is 18.4 Å². The molecule has 0 aromatic heterocycles. The molecule has 0 aliphatic carbocycles. The molecule has 2 atom stereocenters. The van der Waals surface area contributed by atoms with Gasteiger partial charge in [0.1, 0.15) is 11.9 Å². The van der Waals surface area contributed by atoms with E-state index in [1.165, 1.54) is 19.1 Å². The van der Waals surface area contributed by atoms with Gasteiger partial charge < -0.3 is 9.84 Å². The number of methoxy groups -OCH3 is 1. The number of phenolic OH excluding ortho intramolecular Hbond substituents is 1. The summed E-state index contributed by atoms with van der Waals surface area (Å²) >= 11 is 1.43. The fourth-order valence-electron chi connectivity index (χ4n) is 2.85. The molecule has 3 rings (SSSR count). The third kappa shape index (κ3) is 2.09. The van der Waals surface area contributed by atoms with Crippen molar-refractivity contribution in [1.29, 1.82) is 0 Å². The lowest BCUT2D eigenvalue weighted by Crippen LogP contribution is -2.48. The van der Waals surface area contributed by atoms with Gasteiger partial charge in [-0.25, -0.2) is 4.79 Å². The van der Waals surface area contributed by atoms with E-state index in [4.69, 9.17) is 4.74 Å². The molecule has 1 N–H and O–H groups in total. The second-order valence-corrected chi connectivity index (χ2v) is 6.79. The molecule has 0 bridgehead atoms. The van der Waals surface area contributed by atoms with Crippen molar-refractivity contribution in [2.45, 2.75) is 17.7 Å². The van der Waals surface area contributed by atoms with Crippen molar-refractivity contribution < 1.29 is 14.6 Å². The second-order valence-electron chi connectivity index (χ2n) is 5.44. The van der Waals surface area contributed by atoms with E-state index in [1.807, 2.05) is 38.2 Å². The van der Waals surface area contributed by atoms with Crippen molar-refractivity contribution in [3.05, 3.63) is 48.0 Å². The normalized spacial score (nSPS) is 24.0. The summed E-state index contributed by atoms with van der Waals surface area (Å²) in [4.78, 5) is 14.0. The van der Waals surface area contributed by atoms with Crippen molar-refractivity contribution in [3.63, 3.8) is 0 Å². The highest BCUT2D eigenvalue weighted by Gasteiger charge is 2.48. The summed E-state index contributed by atoms with van der Waals surface area (Å²) in [6, 6.07) is 13.1. The summed E-state index contributed by atoms with van der Waals surface area (Å²) in [5, 5.41) is 10.5. The Bertz CT molecular complexity index is 746. The molecule has 1 aliphatic heterocycles. The zero-order chi connectivity index (χ0) is 15.9. The fourth-order valence-corrected chi connectivity index (χ4v) is 4.23. The average Bonchev–Trinajstić information content (AvgIpc) is 2.53. The highest BCUT2D eigenvalue weighted by atomic mass is 32.2. The fraction of sp³-hybridized carbons (Fsp3) is 0.235. The Morgan fingerprint density at radius 2 is 1.91 bits per heavy atom. The molecule has 114 valence electrons. The van der Waals surface area contributed by atoms with Crippen LogP contribution >= 0.6 is 11.9 Å². The highest BCUT2D eigenvalue weighted by molar-refractivity contribution is 7.99. The Morgan fingerprint density at radius 3 is 2.64 bits per heavy atom. The standard InChI is InChI=1S/C17H17NO3S/c1-11-12-7-4-5-10-15(12)22-18(2,17(11)20)13-8-6-9-14(21-3)16(13)19/h4-11H,1-3H3/p+1. The quantitative estimate of drug-likeness (QED) is 0.678. The number of hydrogen-bond acceptors (Lipinski definition) is 4. The summed E-state index contributed by atoms with van der Waals surface area (Å²) in [7, 11) is 3.32. The molecule has 0 saturated heterocycles. The molecule has 0 saturated carbocycles. The minimum Gasteiger partial charge on any atom is -0.500 e. The molecule has 0 radical (unpaired) electrons. The maximum Gasteiger partial charge on any atom is 0.337 e.